The second-order valence-corrected chi connectivity index (χ2v) is 8.50. The fourth-order valence-electron chi connectivity index (χ4n) is 3.93. The Hall–Kier alpha value is -2.65. The van der Waals surface area contributed by atoms with Gasteiger partial charge in [0, 0.05) is 49.1 Å². The second kappa shape index (κ2) is 13.9. The van der Waals surface area contributed by atoms with Gasteiger partial charge in [-0.2, -0.15) is 0 Å². The van der Waals surface area contributed by atoms with Crippen LogP contribution >= 0.6 is 0 Å². The van der Waals surface area contributed by atoms with Gasteiger partial charge in [0.15, 0.2) is 0 Å². The molecule has 2 aromatic carbocycles. The summed E-state index contributed by atoms with van der Waals surface area (Å²) in [5, 5.41) is 27.1. The number of benzene rings is 2. The van der Waals surface area contributed by atoms with Gasteiger partial charge in [0.25, 0.3) is 0 Å². The van der Waals surface area contributed by atoms with Crippen LogP contribution in [-0.2, 0) is 22.6 Å². The van der Waals surface area contributed by atoms with E-state index in [4.69, 9.17) is 14.2 Å². The highest BCUT2D eigenvalue weighted by molar-refractivity contribution is 5.69. The largest absolute Gasteiger partial charge is 0.496 e. The summed E-state index contributed by atoms with van der Waals surface area (Å²) in [5.41, 5.74) is 1.23. The molecule has 0 aliphatic heterocycles. The first-order valence-corrected chi connectivity index (χ1v) is 11.5. The van der Waals surface area contributed by atoms with Crippen LogP contribution in [0.2, 0.25) is 0 Å². The number of para-hydroxylation sites is 2. The van der Waals surface area contributed by atoms with Gasteiger partial charge >= 0.3 is 5.97 Å². The van der Waals surface area contributed by atoms with E-state index in [2.05, 4.69) is 10.6 Å². The molecule has 0 heterocycles. The Morgan fingerprint density at radius 2 is 1.41 bits per heavy atom. The average molecular weight is 475 g/mol. The molecule has 0 aromatic heterocycles. The number of carbonyl (C=O) groups excluding carboxylic acids is 1. The van der Waals surface area contributed by atoms with Gasteiger partial charge in [-0.15, -0.1) is 0 Å². The van der Waals surface area contributed by atoms with E-state index < -0.39 is 30.2 Å². The van der Waals surface area contributed by atoms with E-state index in [-0.39, 0.29) is 6.42 Å². The molecule has 4 N–H and O–H groups in total. The van der Waals surface area contributed by atoms with Gasteiger partial charge in [-0.3, -0.25) is 4.79 Å². The minimum atomic E-state index is -1.22. The van der Waals surface area contributed by atoms with Crippen molar-refractivity contribution >= 4 is 5.97 Å². The van der Waals surface area contributed by atoms with E-state index in [1.807, 2.05) is 55.5 Å². The lowest BCUT2D eigenvalue weighted by molar-refractivity contribution is -0.168. The zero-order valence-electron chi connectivity index (χ0n) is 20.5. The van der Waals surface area contributed by atoms with Crippen molar-refractivity contribution in [1.82, 2.24) is 10.6 Å². The topological polar surface area (TPSA) is 109 Å². The monoisotopic (exact) mass is 474 g/mol. The van der Waals surface area contributed by atoms with Gasteiger partial charge < -0.3 is 35.1 Å². The number of aliphatic hydroxyl groups is 2. The molecule has 188 valence electrons. The molecule has 0 amide bonds. The van der Waals surface area contributed by atoms with Crippen LogP contribution in [0.4, 0.5) is 0 Å². The van der Waals surface area contributed by atoms with Gasteiger partial charge in [0.1, 0.15) is 23.7 Å². The number of aliphatic hydroxyl groups excluding tert-OH is 2. The molecule has 0 spiro atoms. The van der Waals surface area contributed by atoms with Crippen LogP contribution in [0.3, 0.4) is 0 Å². The van der Waals surface area contributed by atoms with Crippen LogP contribution in [-0.4, -0.2) is 62.3 Å². The number of hydrogen-bond acceptors (Lipinski definition) is 8. The lowest BCUT2D eigenvalue weighted by Gasteiger charge is -2.39. The molecule has 0 aliphatic carbocycles. The number of hydrogen-bond donors (Lipinski definition) is 4. The van der Waals surface area contributed by atoms with Gasteiger partial charge in [-0.1, -0.05) is 50.2 Å². The summed E-state index contributed by atoms with van der Waals surface area (Å²) in [6.07, 6.45) is -1.96. The summed E-state index contributed by atoms with van der Waals surface area (Å²) >= 11 is 0. The number of nitrogens with one attached hydrogen (secondary N) is 2. The van der Waals surface area contributed by atoms with Crippen molar-refractivity contribution in [2.45, 2.75) is 45.6 Å². The van der Waals surface area contributed by atoms with E-state index >= 15 is 0 Å². The summed E-state index contributed by atoms with van der Waals surface area (Å²) in [6.45, 7) is 4.96. The Labute approximate surface area is 202 Å². The lowest BCUT2D eigenvalue weighted by atomic mass is 9.80. The normalized spacial score (nSPS) is 13.2. The molecule has 0 aliphatic rings. The first kappa shape index (κ1) is 27.6. The Bertz CT molecular complexity index is 838. The summed E-state index contributed by atoms with van der Waals surface area (Å²) in [4.78, 5) is 12.2. The smallest absolute Gasteiger partial charge is 0.305 e. The third kappa shape index (κ3) is 7.70. The fourth-order valence-corrected chi connectivity index (χ4v) is 3.93. The first-order valence-electron chi connectivity index (χ1n) is 11.5. The molecule has 0 saturated heterocycles. The maximum atomic E-state index is 12.2. The van der Waals surface area contributed by atoms with E-state index in [0.717, 1.165) is 22.6 Å². The maximum Gasteiger partial charge on any atom is 0.305 e. The van der Waals surface area contributed by atoms with Crippen LogP contribution in [0, 0.1) is 5.41 Å². The highest BCUT2D eigenvalue weighted by Crippen LogP contribution is 2.28. The summed E-state index contributed by atoms with van der Waals surface area (Å²) in [5.74, 6) is 1.11. The zero-order chi connectivity index (χ0) is 25.0. The minimum Gasteiger partial charge on any atom is -0.496 e. The second-order valence-electron chi connectivity index (χ2n) is 8.50. The third-order valence-electron chi connectivity index (χ3n) is 5.84. The molecule has 0 fully saturated rings. The SMILES string of the molecule is CCC(=O)OC(C(O)CO)C(C)(CNCc1ccccc1OC)CNCc1ccccc1OC. The molecular weight excluding hydrogens is 436 g/mol. The van der Waals surface area contributed by atoms with Crippen LogP contribution in [0.1, 0.15) is 31.4 Å². The van der Waals surface area contributed by atoms with Gasteiger partial charge in [0.05, 0.1) is 20.8 Å². The predicted octanol–water partition coefficient (Wildman–Crippen LogP) is 2.26. The van der Waals surface area contributed by atoms with Crippen LogP contribution in [0.15, 0.2) is 48.5 Å². The number of esters is 1. The molecule has 2 rings (SSSR count). The molecule has 0 bridgehead atoms. The first-order chi connectivity index (χ1) is 16.4. The number of methoxy groups -OCH3 is 2. The maximum absolute atomic E-state index is 12.2. The number of carbonyl (C=O) groups is 1. The Morgan fingerprint density at radius 3 is 1.82 bits per heavy atom. The van der Waals surface area contributed by atoms with Gasteiger partial charge in [-0.25, -0.2) is 0 Å². The highest BCUT2D eigenvalue weighted by atomic mass is 16.6. The Kier molecular flexibility index (Phi) is 11.3. The van der Waals surface area contributed by atoms with Crippen molar-refractivity contribution in [2.24, 2.45) is 5.41 Å². The van der Waals surface area contributed by atoms with Crippen molar-refractivity contribution in [1.29, 1.82) is 0 Å². The molecule has 8 heteroatoms. The molecule has 34 heavy (non-hydrogen) atoms. The highest BCUT2D eigenvalue weighted by Gasteiger charge is 2.41. The molecule has 8 nitrogen and oxygen atoms in total. The van der Waals surface area contributed by atoms with E-state index in [1.165, 1.54) is 0 Å². The minimum absolute atomic E-state index is 0.175. The van der Waals surface area contributed by atoms with Crippen molar-refractivity contribution in [3.63, 3.8) is 0 Å². The lowest BCUT2D eigenvalue weighted by Crippen LogP contribution is -2.55. The summed E-state index contributed by atoms with van der Waals surface area (Å²) < 4.78 is 16.5. The molecule has 2 unspecified atom stereocenters. The van der Waals surface area contributed by atoms with Crippen LogP contribution in [0.5, 0.6) is 11.5 Å². The summed E-state index contributed by atoms with van der Waals surface area (Å²) in [7, 11) is 3.26. The van der Waals surface area contributed by atoms with E-state index in [1.54, 1.807) is 21.1 Å². The summed E-state index contributed by atoms with van der Waals surface area (Å²) in [6, 6.07) is 15.4. The fraction of sp³-hybridized carbons (Fsp3) is 0.500. The Morgan fingerprint density at radius 1 is 0.941 bits per heavy atom. The van der Waals surface area contributed by atoms with Crippen molar-refractivity contribution in [2.75, 3.05) is 33.9 Å². The number of rotatable bonds is 15. The molecule has 2 aromatic rings. The Balaban J connectivity index is 2.19. The van der Waals surface area contributed by atoms with Gasteiger partial charge in [-0.05, 0) is 12.1 Å². The molecule has 0 saturated carbocycles. The predicted molar refractivity (Wildman–Crippen MR) is 131 cm³/mol. The van der Waals surface area contributed by atoms with Crippen LogP contribution in [0.25, 0.3) is 0 Å². The van der Waals surface area contributed by atoms with Crippen molar-refractivity contribution in [3.05, 3.63) is 59.7 Å². The standard InChI is InChI=1S/C26H38N2O6/c1-5-24(31)34-25(21(30)16-29)26(2,17-27-14-19-10-6-8-12-22(19)32-3)18-28-15-20-11-7-9-13-23(20)33-4/h6-13,21,25,27-30H,5,14-18H2,1-4H3. The molecule has 2 atom stereocenters. The van der Waals surface area contributed by atoms with E-state index in [0.29, 0.717) is 26.2 Å². The van der Waals surface area contributed by atoms with Crippen molar-refractivity contribution in [3.8, 4) is 11.5 Å². The number of ether oxygens (including phenoxy) is 3. The molecular formula is C26H38N2O6. The van der Waals surface area contributed by atoms with Crippen LogP contribution < -0.4 is 20.1 Å². The molecule has 0 radical (unpaired) electrons. The van der Waals surface area contributed by atoms with E-state index in [9.17, 15) is 15.0 Å². The van der Waals surface area contributed by atoms with Gasteiger partial charge in [0.2, 0.25) is 0 Å². The quantitative estimate of drug-likeness (QED) is 0.291. The third-order valence-corrected chi connectivity index (χ3v) is 5.84. The average Bonchev–Trinajstić information content (AvgIpc) is 2.87. The van der Waals surface area contributed by atoms with Crippen molar-refractivity contribution < 1.29 is 29.2 Å². The zero-order valence-corrected chi connectivity index (χ0v) is 20.5.